The van der Waals surface area contributed by atoms with Gasteiger partial charge in [0.05, 0.1) is 34.4 Å². The van der Waals surface area contributed by atoms with Crippen molar-refractivity contribution in [1.29, 1.82) is 0 Å². The van der Waals surface area contributed by atoms with E-state index in [2.05, 4.69) is 30.6 Å². The molecule has 1 unspecified atom stereocenters. The van der Waals surface area contributed by atoms with Crippen LogP contribution in [0.2, 0.25) is 0 Å². The lowest BCUT2D eigenvalue weighted by molar-refractivity contribution is -0.138. The molecule has 0 bridgehead atoms. The zero-order chi connectivity index (χ0) is 27.0. The first-order valence-electron chi connectivity index (χ1n) is 11.5. The monoisotopic (exact) mass is 528 g/mol. The number of halogens is 4. The van der Waals surface area contributed by atoms with E-state index in [4.69, 9.17) is 0 Å². The summed E-state index contributed by atoms with van der Waals surface area (Å²) in [5.41, 5.74) is -2.91. The molecule has 0 saturated carbocycles. The molecule has 38 heavy (non-hydrogen) atoms. The van der Waals surface area contributed by atoms with Crippen LogP contribution in [-0.2, 0) is 12.7 Å². The fraction of sp³-hybridized carbons (Fsp3) is 0.250. The fourth-order valence-electron chi connectivity index (χ4n) is 4.22. The summed E-state index contributed by atoms with van der Waals surface area (Å²) in [6.45, 7) is 1.91. The fourth-order valence-corrected chi connectivity index (χ4v) is 4.22. The highest BCUT2D eigenvalue weighted by Crippen LogP contribution is 2.32. The van der Waals surface area contributed by atoms with Gasteiger partial charge >= 0.3 is 6.18 Å². The number of rotatable bonds is 7. The van der Waals surface area contributed by atoms with Crippen molar-refractivity contribution in [3.63, 3.8) is 0 Å². The van der Waals surface area contributed by atoms with Crippen molar-refractivity contribution in [2.45, 2.75) is 38.5 Å². The van der Waals surface area contributed by atoms with Crippen LogP contribution in [0.15, 0.2) is 52.6 Å². The van der Waals surface area contributed by atoms with Crippen LogP contribution in [-0.4, -0.2) is 41.0 Å². The maximum absolute atomic E-state index is 15.0. The molecule has 5 rings (SSSR count). The van der Waals surface area contributed by atoms with Crippen molar-refractivity contribution in [2.75, 3.05) is 5.32 Å². The van der Waals surface area contributed by atoms with Gasteiger partial charge in [0.25, 0.3) is 11.1 Å². The minimum absolute atomic E-state index is 0.138. The molecule has 0 amide bonds. The van der Waals surface area contributed by atoms with Gasteiger partial charge < -0.3 is 9.88 Å². The van der Waals surface area contributed by atoms with Crippen LogP contribution in [0.4, 0.5) is 23.2 Å². The summed E-state index contributed by atoms with van der Waals surface area (Å²) in [5.74, 6) is -0.507. The number of hydrogen-bond acceptors (Lipinski definition) is 7. The number of benzene rings is 1. The molecule has 0 aliphatic heterocycles. The Kier molecular flexibility index (Phi) is 6.38. The minimum atomic E-state index is -4.84. The van der Waals surface area contributed by atoms with Crippen molar-refractivity contribution < 1.29 is 17.6 Å². The molecular weight excluding hydrogens is 508 g/mol. The Morgan fingerprint density at radius 3 is 2.66 bits per heavy atom. The SMILES string of the molecule is CC(CCCn1ccc2cc(-c3ncc4cn[nH]c4n3)c(F)cc2c1=O)Nc1cn[nH]c(=O)c1C(F)(F)F. The summed E-state index contributed by atoms with van der Waals surface area (Å²) < 4.78 is 56.1. The summed E-state index contributed by atoms with van der Waals surface area (Å²) in [6, 6.07) is 3.87. The van der Waals surface area contributed by atoms with Gasteiger partial charge in [-0.3, -0.25) is 14.7 Å². The van der Waals surface area contributed by atoms with Crippen LogP contribution in [0, 0.1) is 5.82 Å². The molecule has 0 spiro atoms. The Morgan fingerprint density at radius 2 is 1.87 bits per heavy atom. The number of nitrogens with one attached hydrogen (secondary N) is 3. The number of alkyl halides is 3. The molecule has 4 aromatic heterocycles. The average Bonchev–Trinajstić information content (AvgIpc) is 3.33. The second-order valence-corrected chi connectivity index (χ2v) is 8.77. The Hall–Kier alpha value is -4.62. The standard InChI is InChI=1S/C24H20F4N8O2/c1-12(32-18-11-31-35-22(37)19(18)24(26,27)28)3-2-5-36-6-4-13-7-16(17(25)8-15(13)23(36)38)21-29-9-14-10-30-34-20(14)33-21/h4,6-12H,2-3,5H2,1H3,(H2,32,35,37)(H,29,30,33,34). The van der Waals surface area contributed by atoms with E-state index in [0.29, 0.717) is 29.3 Å². The van der Waals surface area contributed by atoms with Crippen LogP contribution in [0.1, 0.15) is 25.3 Å². The molecular formula is C24H20F4N8O2. The summed E-state index contributed by atoms with van der Waals surface area (Å²) in [6.07, 6.45) is 1.53. The molecule has 10 nitrogen and oxygen atoms in total. The third-order valence-corrected chi connectivity index (χ3v) is 6.07. The summed E-state index contributed by atoms with van der Waals surface area (Å²) in [7, 11) is 0. The normalized spacial score (nSPS) is 12.8. The van der Waals surface area contributed by atoms with E-state index in [0.717, 1.165) is 12.3 Å². The number of aryl methyl sites for hydroxylation is 1. The third-order valence-electron chi connectivity index (χ3n) is 6.07. The topological polar surface area (TPSA) is 134 Å². The Labute approximate surface area is 210 Å². The van der Waals surface area contributed by atoms with E-state index in [1.807, 2.05) is 0 Å². The van der Waals surface area contributed by atoms with Gasteiger partial charge in [-0.05, 0) is 43.4 Å². The molecule has 14 heteroatoms. The molecule has 1 atom stereocenters. The van der Waals surface area contributed by atoms with Gasteiger partial charge in [0.1, 0.15) is 11.4 Å². The minimum Gasteiger partial charge on any atom is -0.381 e. The van der Waals surface area contributed by atoms with Crippen molar-refractivity contribution in [3.8, 4) is 11.4 Å². The van der Waals surface area contributed by atoms with Crippen molar-refractivity contribution in [1.82, 2.24) is 34.9 Å². The first-order chi connectivity index (χ1) is 18.1. The van der Waals surface area contributed by atoms with Crippen LogP contribution < -0.4 is 16.4 Å². The molecule has 196 valence electrons. The van der Waals surface area contributed by atoms with Crippen molar-refractivity contribution >= 4 is 27.5 Å². The number of aromatic amines is 2. The van der Waals surface area contributed by atoms with E-state index in [9.17, 15) is 27.2 Å². The van der Waals surface area contributed by atoms with E-state index in [-0.39, 0.29) is 23.3 Å². The number of hydrogen-bond donors (Lipinski definition) is 3. The second kappa shape index (κ2) is 9.68. The Morgan fingerprint density at radius 1 is 1.08 bits per heavy atom. The maximum atomic E-state index is 15.0. The largest absolute Gasteiger partial charge is 0.423 e. The summed E-state index contributed by atoms with van der Waals surface area (Å²) in [5, 5.41) is 15.8. The molecule has 4 heterocycles. The van der Waals surface area contributed by atoms with Crippen LogP contribution in [0.5, 0.6) is 0 Å². The second-order valence-electron chi connectivity index (χ2n) is 8.77. The number of fused-ring (bicyclic) bond motifs is 2. The predicted octanol–water partition coefficient (Wildman–Crippen LogP) is 3.86. The molecule has 3 N–H and O–H groups in total. The quantitative estimate of drug-likeness (QED) is 0.273. The number of nitrogens with zero attached hydrogens (tertiary/aromatic N) is 5. The van der Waals surface area contributed by atoms with Gasteiger partial charge in [-0.25, -0.2) is 19.5 Å². The first kappa shape index (κ1) is 25.0. The number of pyridine rings is 1. The van der Waals surface area contributed by atoms with Gasteiger partial charge in [0, 0.05) is 25.0 Å². The third kappa shape index (κ3) is 4.84. The highest BCUT2D eigenvalue weighted by atomic mass is 19.4. The number of H-pyrrole nitrogens is 2. The number of aromatic nitrogens is 7. The molecule has 0 aliphatic carbocycles. The average molecular weight is 528 g/mol. The van der Waals surface area contributed by atoms with Gasteiger partial charge in [-0.1, -0.05) is 0 Å². The van der Waals surface area contributed by atoms with Crippen LogP contribution >= 0.6 is 0 Å². The molecule has 1 aromatic carbocycles. The number of anilines is 1. The Bertz CT molecular complexity index is 1760. The molecule has 5 aromatic rings. The maximum Gasteiger partial charge on any atom is 0.423 e. The van der Waals surface area contributed by atoms with Crippen molar-refractivity contribution in [3.05, 3.63) is 75.1 Å². The summed E-state index contributed by atoms with van der Waals surface area (Å²) in [4.78, 5) is 33.1. The molecule has 0 saturated heterocycles. The van der Waals surface area contributed by atoms with E-state index >= 15 is 0 Å². The smallest absolute Gasteiger partial charge is 0.381 e. The molecule has 0 aliphatic rings. The zero-order valence-electron chi connectivity index (χ0n) is 19.8. The molecule has 0 fully saturated rings. The van der Waals surface area contributed by atoms with Gasteiger partial charge in [-0.2, -0.15) is 23.4 Å². The van der Waals surface area contributed by atoms with E-state index in [1.165, 1.54) is 16.8 Å². The van der Waals surface area contributed by atoms with Crippen LogP contribution in [0.25, 0.3) is 33.2 Å². The summed E-state index contributed by atoms with van der Waals surface area (Å²) >= 11 is 0. The lowest BCUT2D eigenvalue weighted by atomic mass is 10.1. The highest BCUT2D eigenvalue weighted by molar-refractivity contribution is 5.86. The Balaban J connectivity index is 1.30. The van der Waals surface area contributed by atoms with Crippen molar-refractivity contribution in [2.24, 2.45) is 0 Å². The van der Waals surface area contributed by atoms with Gasteiger partial charge in [0.2, 0.25) is 0 Å². The predicted molar refractivity (Wildman–Crippen MR) is 131 cm³/mol. The highest BCUT2D eigenvalue weighted by Gasteiger charge is 2.37. The first-order valence-corrected chi connectivity index (χ1v) is 11.5. The molecule has 0 radical (unpaired) electrons. The van der Waals surface area contributed by atoms with Gasteiger partial charge in [0.15, 0.2) is 11.5 Å². The van der Waals surface area contributed by atoms with Gasteiger partial charge in [-0.15, -0.1) is 0 Å². The van der Waals surface area contributed by atoms with E-state index in [1.54, 1.807) is 30.5 Å². The zero-order valence-corrected chi connectivity index (χ0v) is 19.8. The van der Waals surface area contributed by atoms with Crippen LogP contribution in [0.3, 0.4) is 0 Å². The lowest BCUT2D eigenvalue weighted by Gasteiger charge is -2.18. The van der Waals surface area contributed by atoms with E-state index < -0.39 is 40.4 Å². The lowest BCUT2D eigenvalue weighted by Crippen LogP contribution is -2.27.